The van der Waals surface area contributed by atoms with E-state index in [1.54, 1.807) is 17.0 Å². The molecule has 0 saturated carbocycles. The van der Waals surface area contributed by atoms with Crippen molar-refractivity contribution in [2.75, 3.05) is 6.54 Å². The third-order valence-corrected chi connectivity index (χ3v) is 4.16. The lowest BCUT2D eigenvalue weighted by Gasteiger charge is -2.13. The van der Waals surface area contributed by atoms with Gasteiger partial charge in [-0.25, -0.2) is 4.79 Å². The molecule has 0 spiro atoms. The number of rotatable bonds is 3. The van der Waals surface area contributed by atoms with E-state index in [0.29, 0.717) is 23.1 Å². The minimum absolute atomic E-state index is 0.221. The highest BCUT2D eigenvalue weighted by atomic mass is 35.5. The van der Waals surface area contributed by atoms with E-state index in [2.05, 4.69) is 0 Å². The van der Waals surface area contributed by atoms with Crippen LogP contribution in [0.15, 0.2) is 48.5 Å². The maximum absolute atomic E-state index is 12.0. The first-order valence-corrected chi connectivity index (χ1v) is 7.33. The van der Waals surface area contributed by atoms with Crippen molar-refractivity contribution in [3.63, 3.8) is 0 Å². The molecule has 1 amide bonds. The first-order valence-electron chi connectivity index (χ1n) is 6.58. The largest absolute Gasteiger partial charge is 0.439 e. The first-order chi connectivity index (χ1) is 10.1. The Hall–Kier alpha value is -1.71. The molecule has 5 heteroatoms. The zero-order valence-electron chi connectivity index (χ0n) is 11.1. The molecule has 0 N–H and O–H groups in total. The molecule has 21 heavy (non-hydrogen) atoms. The van der Waals surface area contributed by atoms with E-state index in [0.717, 1.165) is 11.1 Å². The fraction of sp³-hybridized carbons (Fsp3) is 0.188. The van der Waals surface area contributed by atoms with Gasteiger partial charge in [-0.1, -0.05) is 59.6 Å². The number of benzene rings is 2. The number of ether oxygens (including phenoxy) is 1. The lowest BCUT2D eigenvalue weighted by molar-refractivity contribution is 0.132. The van der Waals surface area contributed by atoms with Gasteiger partial charge in [-0.05, 0) is 23.3 Å². The van der Waals surface area contributed by atoms with Crippen molar-refractivity contribution >= 4 is 29.3 Å². The Morgan fingerprint density at radius 2 is 1.86 bits per heavy atom. The van der Waals surface area contributed by atoms with Crippen molar-refractivity contribution in [3.8, 4) is 0 Å². The zero-order valence-corrected chi connectivity index (χ0v) is 12.6. The summed E-state index contributed by atoms with van der Waals surface area (Å²) in [5.41, 5.74) is 1.93. The second-order valence-electron chi connectivity index (χ2n) is 4.91. The lowest BCUT2D eigenvalue weighted by atomic mass is 10.1. The highest BCUT2D eigenvalue weighted by molar-refractivity contribution is 6.42. The van der Waals surface area contributed by atoms with Gasteiger partial charge in [0.15, 0.2) is 0 Å². The average molecular weight is 322 g/mol. The summed E-state index contributed by atoms with van der Waals surface area (Å²) >= 11 is 11.9. The normalized spacial score (nSPS) is 17.9. The molecule has 3 nitrogen and oxygen atoms in total. The number of carbonyl (C=O) groups is 1. The molecule has 0 bridgehead atoms. The number of carbonyl (C=O) groups excluding carboxylic acids is 1. The molecule has 0 aliphatic carbocycles. The Morgan fingerprint density at radius 1 is 1.10 bits per heavy atom. The van der Waals surface area contributed by atoms with Gasteiger partial charge in [0.2, 0.25) is 0 Å². The molecule has 1 unspecified atom stereocenters. The van der Waals surface area contributed by atoms with Crippen LogP contribution in [0.25, 0.3) is 0 Å². The number of hydrogen-bond donors (Lipinski definition) is 0. The highest BCUT2D eigenvalue weighted by Gasteiger charge is 2.32. The van der Waals surface area contributed by atoms with E-state index in [1.807, 2.05) is 36.4 Å². The quantitative estimate of drug-likeness (QED) is 0.821. The summed E-state index contributed by atoms with van der Waals surface area (Å²) in [5.74, 6) is 0. The third kappa shape index (κ3) is 3.14. The number of nitrogens with zero attached hydrogens (tertiary/aromatic N) is 1. The molecule has 3 rings (SSSR count). The van der Waals surface area contributed by atoms with Crippen LogP contribution in [0.1, 0.15) is 17.2 Å². The van der Waals surface area contributed by atoms with Crippen molar-refractivity contribution in [2.45, 2.75) is 12.6 Å². The molecule has 1 aliphatic rings. The maximum Gasteiger partial charge on any atom is 0.410 e. The van der Waals surface area contributed by atoms with E-state index >= 15 is 0 Å². The Bertz CT molecular complexity index is 661. The van der Waals surface area contributed by atoms with E-state index in [1.165, 1.54) is 0 Å². The third-order valence-electron chi connectivity index (χ3n) is 3.42. The number of halogens is 2. The van der Waals surface area contributed by atoms with Crippen LogP contribution >= 0.6 is 23.2 Å². The molecule has 1 saturated heterocycles. The summed E-state index contributed by atoms with van der Waals surface area (Å²) in [7, 11) is 0. The molecule has 0 radical (unpaired) electrons. The molecule has 1 aliphatic heterocycles. The molecular weight excluding hydrogens is 309 g/mol. The van der Waals surface area contributed by atoms with E-state index in [4.69, 9.17) is 27.9 Å². The fourth-order valence-corrected chi connectivity index (χ4v) is 2.66. The van der Waals surface area contributed by atoms with Gasteiger partial charge in [-0.15, -0.1) is 0 Å². The summed E-state index contributed by atoms with van der Waals surface area (Å²) in [6.07, 6.45) is -0.531. The predicted molar refractivity (Wildman–Crippen MR) is 82.5 cm³/mol. The molecule has 0 aromatic heterocycles. The Balaban J connectivity index is 1.72. The van der Waals surface area contributed by atoms with Crippen molar-refractivity contribution in [1.82, 2.24) is 4.90 Å². The van der Waals surface area contributed by atoms with E-state index in [-0.39, 0.29) is 12.2 Å². The average Bonchev–Trinajstić information content (AvgIpc) is 2.85. The number of hydrogen-bond acceptors (Lipinski definition) is 2. The molecule has 108 valence electrons. The van der Waals surface area contributed by atoms with Gasteiger partial charge in [0, 0.05) is 6.54 Å². The summed E-state index contributed by atoms with van der Waals surface area (Å²) in [5, 5.41) is 0.993. The highest BCUT2D eigenvalue weighted by Crippen LogP contribution is 2.28. The van der Waals surface area contributed by atoms with Gasteiger partial charge in [0.05, 0.1) is 16.6 Å². The predicted octanol–water partition coefficient (Wildman–Crippen LogP) is 4.69. The van der Waals surface area contributed by atoms with Crippen LogP contribution in [0.2, 0.25) is 10.0 Å². The van der Waals surface area contributed by atoms with Crippen LogP contribution in [-0.2, 0) is 11.3 Å². The summed E-state index contributed by atoms with van der Waals surface area (Å²) < 4.78 is 5.41. The van der Waals surface area contributed by atoms with Crippen molar-refractivity contribution < 1.29 is 9.53 Å². The van der Waals surface area contributed by atoms with Gasteiger partial charge in [0.25, 0.3) is 0 Å². The maximum atomic E-state index is 12.0. The van der Waals surface area contributed by atoms with Crippen LogP contribution < -0.4 is 0 Å². The van der Waals surface area contributed by atoms with Crippen LogP contribution in [0.5, 0.6) is 0 Å². The van der Waals surface area contributed by atoms with Gasteiger partial charge in [-0.3, -0.25) is 4.90 Å². The molecule has 1 fully saturated rings. The van der Waals surface area contributed by atoms with Gasteiger partial charge in [0.1, 0.15) is 6.10 Å². The monoisotopic (exact) mass is 321 g/mol. The fourth-order valence-electron chi connectivity index (χ4n) is 2.34. The standard InChI is InChI=1S/C16H13Cl2NO2/c17-13-7-6-11(8-14(13)18)9-19-10-15(21-16(19)20)12-4-2-1-3-5-12/h1-8,15H,9-10H2. The zero-order chi connectivity index (χ0) is 14.8. The Morgan fingerprint density at radius 3 is 2.57 bits per heavy atom. The molecule has 2 aromatic rings. The second kappa shape index (κ2) is 5.96. The van der Waals surface area contributed by atoms with Crippen LogP contribution in [0, 0.1) is 0 Å². The Kier molecular flexibility index (Phi) is 4.04. The van der Waals surface area contributed by atoms with Crippen LogP contribution in [0.4, 0.5) is 4.79 Å². The Labute approximate surface area is 133 Å². The molecular formula is C16H13Cl2NO2. The number of cyclic esters (lactones) is 1. The van der Waals surface area contributed by atoms with Crippen molar-refractivity contribution in [3.05, 3.63) is 69.7 Å². The van der Waals surface area contributed by atoms with Crippen molar-refractivity contribution in [1.29, 1.82) is 0 Å². The molecule has 1 heterocycles. The van der Waals surface area contributed by atoms with E-state index in [9.17, 15) is 4.79 Å². The smallest absolute Gasteiger partial charge is 0.410 e. The minimum atomic E-state index is -0.310. The SMILES string of the molecule is O=C1OC(c2ccccc2)CN1Cc1ccc(Cl)c(Cl)c1. The summed E-state index contributed by atoms with van der Waals surface area (Å²) in [6.45, 7) is 0.988. The van der Waals surface area contributed by atoms with Crippen molar-refractivity contribution in [2.24, 2.45) is 0 Å². The minimum Gasteiger partial charge on any atom is -0.439 e. The molecule has 2 aromatic carbocycles. The molecule has 1 atom stereocenters. The summed E-state index contributed by atoms with van der Waals surface area (Å²) in [4.78, 5) is 13.6. The summed E-state index contributed by atoms with van der Waals surface area (Å²) in [6, 6.07) is 15.1. The van der Waals surface area contributed by atoms with Crippen LogP contribution in [-0.4, -0.2) is 17.5 Å². The van der Waals surface area contributed by atoms with E-state index < -0.39 is 0 Å². The van der Waals surface area contributed by atoms with Gasteiger partial charge in [-0.2, -0.15) is 0 Å². The van der Waals surface area contributed by atoms with Gasteiger partial charge < -0.3 is 4.74 Å². The first kappa shape index (κ1) is 14.2. The number of amides is 1. The van der Waals surface area contributed by atoms with Gasteiger partial charge >= 0.3 is 6.09 Å². The second-order valence-corrected chi connectivity index (χ2v) is 5.73. The van der Waals surface area contributed by atoms with Crippen LogP contribution in [0.3, 0.4) is 0 Å². The lowest BCUT2D eigenvalue weighted by Crippen LogP contribution is -2.23. The topological polar surface area (TPSA) is 29.5 Å².